The monoisotopic (exact) mass is 331 g/mol. The second kappa shape index (κ2) is 6.32. The first-order valence-corrected chi connectivity index (χ1v) is 9.68. The Labute approximate surface area is 131 Å². The molecule has 0 unspecified atom stereocenters. The molecule has 1 aliphatic rings. The van der Waals surface area contributed by atoms with Crippen LogP contribution in [0.2, 0.25) is 0 Å². The average Bonchev–Trinajstić information content (AvgIpc) is 2.84. The standard InChI is InChI=1S/C14H25N3O2S2/c1-11(2)15-8-12-7-13(9-16-12)21(18,19)17-5-6-20-14(3,4)10-17/h7,9,11,15-16H,5-6,8,10H2,1-4H3. The molecule has 0 amide bonds. The Morgan fingerprint density at radius 2 is 2.19 bits per heavy atom. The van der Waals surface area contributed by atoms with E-state index in [0.29, 0.717) is 30.6 Å². The zero-order valence-electron chi connectivity index (χ0n) is 13.1. The maximum absolute atomic E-state index is 12.7. The van der Waals surface area contributed by atoms with E-state index in [1.54, 1.807) is 16.6 Å². The van der Waals surface area contributed by atoms with E-state index >= 15 is 0 Å². The van der Waals surface area contributed by atoms with Crippen molar-refractivity contribution in [3.8, 4) is 0 Å². The number of thioether (sulfide) groups is 1. The molecule has 0 aromatic carbocycles. The fraction of sp³-hybridized carbons (Fsp3) is 0.714. The van der Waals surface area contributed by atoms with Crippen LogP contribution in [0.25, 0.3) is 0 Å². The van der Waals surface area contributed by atoms with Gasteiger partial charge in [0, 0.05) is 48.1 Å². The Morgan fingerprint density at radius 3 is 2.81 bits per heavy atom. The molecule has 21 heavy (non-hydrogen) atoms. The summed E-state index contributed by atoms with van der Waals surface area (Å²) in [6.45, 7) is 10.1. The van der Waals surface area contributed by atoms with Gasteiger partial charge in [0.15, 0.2) is 0 Å². The number of hydrogen-bond acceptors (Lipinski definition) is 4. The second-order valence-electron chi connectivity index (χ2n) is 6.34. The minimum atomic E-state index is -3.39. The summed E-state index contributed by atoms with van der Waals surface area (Å²) in [6.07, 6.45) is 1.60. The molecule has 0 atom stereocenters. The van der Waals surface area contributed by atoms with Crippen LogP contribution in [0.4, 0.5) is 0 Å². The maximum Gasteiger partial charge on any atom is 0.244 e. The van der Waals surface area contributed by atoms with Crippen molar-refractivity contribution in [1.29, 1.82) is 0 Å². The maximum atomic E-state index is 12.7. The van der Waals surface area contributed by atoms with E-state index < -0.39 is 10.0 Å². The van der Waals surface area contributed by atoms with Gasteiger partial charge in [-0.25, -0.2) is 8.42 Å². The van der Waals surface area contributed by atoms with Crippen LogP contribution in [-0.4, -0.2) is 47.3 Å². The van der Waals surface area contributed by atoms with Crippen molar-refractivity contribution in [2.75, 3.05) is 18.8 Å². The average molecular weight is 332 g/mol. The number of sulfonamides is 1. The number of aromatic nitrogens is 1. The molecule has 2 heterocycles. The summed E-state index contributed by atoms with van der Waals surface area (Å²) < 4.78 is 27.0. The Kier molecular flexibility index (Phi) is 5.07. The van der Waals surface area contributed by atoms with Crippen molar-refractivity contribution >= 4 is 21.8 Å². The summed E-state index contributed by atoms with van der Waals surface area (Å²) in [5.41, 5.74) is 0.896. The molecule has 120 valence electrons. The van der Waals surface area contributed by atoms with Gasteiger partial charge in [-0.05, 0) is 19.9 Å². The van der Waals surface area contributed by atoms with Crippen LogP contribution < -0.4 is 5.32 Å². The highest BCUT2D eigenvalue weighted by molar-refractivity contribution is 8.00. The number of aromatic amines is 1. The number of nitrogens with one attached hydrogen (secondary N) is 2. The van der Waals surface area contributed by atoms with Gasteiger partial charge < -0.3 is 10.3 Å². The van der Waals surface area contributed by atoms with Gasteiger partial charge in [0.25, 0.3) is 0 Å². The molecule has 1 aromatic heterocycles. The molecule has 1 fully saturated rings. The van der Waals surface area contributed by atoms with Gasteiger partial charge in [-0.2, -0.15) is 16.1 Å². The largest absolute Gasteiger partial charge is 0.363 e. The molecule has 1 aliphatic heterocycles. The molecule has 0 bridgehead atoms. The van der Waals surface area contributed by atoms with Gasteiger partial charge in [-0.15, -0.1) is 0 Å². The zero-order chi connectivity index (χ0) is 15.7. The minimum absolute atomic E-state index is 0.0242. The third-order valence-corrected chi connectivity index (χ3v) is 6.57. The van der Waals surface area contributed by atoms with Crippen LogP contribution >= 0.6 is 11.8 Å². The minimum Gasteiger partial charge on any atom is -0.363 e. The van der Waals surface area contributed by atoms with Gasteiger partial charge in [0.2, 0.25) is 10.0 Å². The summed E-state index contributed by atoms with van der Waals surface area (Å²) in [5, 5.41) is 3.28. The lowest BCUT2D eigenvalue weighted by Gasteiger charge is -2.36. The van der Waals surface area contributed by atoms with E-state index in [1.807, 2.05) is 11.8 Å². The second-order valence-corrected chi connectivity index (χ2v) is 10.1. The summed E-state index contributed by atoms with van der Waals surface area (Å²) in [7, 11) is -3.39. The Morgan fingerprint density at radius 1 is 1.48 bits per heavy atom. The molecule has 2 rings (SSSR count). The lowest BCUT2D eigenvalue weighted by Crippen LogP contribution is -2.45. The van der Waals surface area contributed by atoms with E-state index in [1.165, 1.54) is 0 Å². The third kappa shape index (κ3) is 4.25. The third-order valence-electron chi connectivity index (χ3n) is 3.45. The molecule has 0 saturated carbocycles. The molecule has 1 aromatic rings. The van der Waals surface area contributed by atoms with Crippen LogP contribution in [-0.2, 0) is 16.6 Å². The predicted molar refractivity (Wildman–Crippen MR) is 88.1 cm³/mol. The van der Waals surface area contributed by atoms with E-state index in [-0.39, 0.29) is 4.75 Å². The molecule has 0 spiro atoms. The molecule has 7 heteroatoms. The Hall–Kier alpha value is -0.500. The number of nitrogens with zero attached hydrogens (tertiary/aromatic N) is 1. The lowest BCUT2D eigenvalue weighted by atomic mass is 10.2. The Balaban J connectivity index is 2.12. The van der Waals surface area contributed by atoms with Crippen LogP contribution in [0.1, 0.15) is 33.4 Å². The summed E-state index contributed by atoms with van der Waals surface area (Å²) >= 11 is 1.83. The predicted octanol–water partition coefficient (Wildman–Crippen LogP) is 2.03. The molecular weight excluding hydrogens is 306 g/mol. The van der Waals surface area contributed by atoms with Crippen molar-refractivity contribution in [1.82, 2.24) is 14.6 Å². The van der Waals surface area contributed by atoms with E-state index in [0.717, 1.165) is 11.4 Å². The molecule has 1 saturated heterocycles. The SMILES string of the molecule is CC(C)NCc1cc(S(=O)(=O)N2CCSC(C)(C)C2)c[nH]1. The van der Waals surface area contributed by atoms with E-state index in [4.69, 9.17) is 0 Å². The molecule has 5 nitrogen and oxygen atoms in total. The van der Waals surface area contributed by atoms with Crippen LogP contribution in [0, 0.1) is 0 Å². The van der Waals surface area contributed by atoms with Crippen LogP contribution in [0.3, 0.4) is 0 Å². The summed E-state index contributed by atoms with van der Waals surface area (Å²) in [5.74, 6) is 0.846. The Bertz CT molecular complexity index is 579. The van der Waals surface area contributed by atoms with Crippen molar-refractivity contribution in [3.63, 3.8) is 0 Å². The summed E-state index contributed by atoms with van der Waals surface area (Å²) in [4.78, 5) is 3.42. The highest BCUT2D eigenvalue weighted by Crippen LogP contribution is 2.32. The molecule has 2 N–H and O–H groups in total. The first-order valence-electron chi connectivity index (χ1n) is 7.25. The number of hydrogen-bond donors (Lipinski definition) is 2. The fourth-order valence-corrected chi connectivity index (χ4v) is 5.24. The quantitative estimate of drug-likeness (QED) is 0.866. The van der Waals surface area contributed by atoms with Gasteiger partial charge in [-0.1, -0.05) is 13.8 Å². The van der Waals surface area contributed by atoms with E-state index in [2.05, 4.69) is 38.0 Å². The molecule has 0 aliphatic carbocycles. The number of rotatable bonds is 5. The number of H-pyrrole nitrogens is 1. The molecular formula is C14H25N3O2S2. The van der Waals surface area contributed by atoms with Gasteiger partial charge in [-0.3, -0.25) is 0 Å². The normalized spacial score (nSPS) is 20.0. The summed E-state index contributed by atoms with van der Waals surface area (Å²) in [6, 6.07) is 2.10. The lowest BCUT2D eigenvalue weighted by molar-refractivity contribution is 0.387. The molecule has 0 radical (unpaired) electrons. The fourth-order valence-electron chi connectivity index (χ4n) is 2.31. The van der Waals surface area contributed by atoms with Crippen molar-refractivity contribution in [2.24, 2.45) is 0 Å². The van der Waals surface area contributed by atoms with Crippen LogP contribution in [0.5, 0.6) is 0 Å². The topological polar surface area (TPSA) is 65.2 Å². The smallest absolute Gasteiger partial charge is 0.244 e. The van der Waals surface area contributed by atoms with Crippen molar-refractivity contribution < 1.29 is 8.42 Å². The van der Waals surface area contributed by atoms with Crippen molar-refractivity contribution in [3.05, 3.63) is 18.0 Å². The first kappa shape index (κ1) is 16.9. The van der Waals surface area contributed by atoms with Gasteiger partial charge >= 0.3 is 0 Å². The first-order chi connectivity index (χ1) is 9.71. The highest BCUT2D eigenvalue weighted by Gasteiger charge is 2.34. The van der Waals surface area contributed by atoms with Crippen molar-refractivity contribution in [2.45, 2.75) is 49.9 Å². The highest BCUT2D eigenvalue weighted by atomic mass is 32.2. The zero-order valence-corrected chi connectivity index (χ0v) is 14.8. The van der Waals surface area contributed by atoms with Gasteiger partial charge in [0.05, 0.1) is 4.90 Å². The van der Waals surface area contributed by atoms with E-state index in [9.17, 15) is 8.42 Å². The van der Waals surface area contributed by atoms with Crippen LogP contribution in [0.15, 0.2) is 17.2 Å². The van der Waals surface area contributed by atoms with Gasteiger partial charge in [0.1, 0.15) is 0 Å².